The highest BCUT2D eigenvalue weighted by molar-refractivity contribution is 5.83. The van der Waals surface area contributed by atoms with Gasteiger partial charge in [-0.25, -0.2) is 10.8 Å². The highest BCUT2D eigenvalue weighted by Crippen LogP contribution is 1.77. The molecule has 0 saturated carbocycles. The van der Waals surface area contributed by atoms with Gasteiger partial charge in [0.2, 0.25) is 11.9 Å². The molecule has 0 spiro atoms. The molecule has 0 aromatic heterocycles. The summed E-state index contributed by atoms with van der Waals surface area (Å²) in [7, 11) is 0. The molecule has 0 aromatic rings. The standard InChI is InChI=1S/C6H15N5O/c1-4(2)10-5(12)3-9-6(7)11-8/h4H,3,8H2,1-2H3,(H,10,12)(H3,7,9,11). The molecule has 0 aliphatic heterocycles. The molecule has 0 radical (unpaired) electrons. The van der Waals surface area contributed by atoms with Gasteiger partial charge >= 0.3 is 0 Å². The molecule has 0 bridgehead atoms. The van der Waals surface area contributed by atoms with E-state index in [9.17, 15) is 4.79 Å². The van der Waals surface area contributed by atoms with Crippen molar-refractivity contribution < 1.29 is 4.79 Å². The topological polar surface area (TPSA) is 106 Å². The van der Waals surface area contributed by atoms with Crippen molar-refractivity contribution in [3.05, 3.63) is 0 Å². The molecule has 0 atom stereocenters. The van der Waals surface area contributed by atoms with E-state index in [-0.39, 0.29) is 24.5 Å². The minimum atomic E-state index is -0.178. The van der Waals surface area contributed by atoms with Gasteiger partial charge in [-0.15, -0.1) is 0 Å². The zero-order valence-corrected chi connectivity index (χ0v) is 7.29. The fourth-order valence-corrected chi connectivity index (χ4v) is 0.570. The highest BCUT2D eigenvalue weighted by atomic mass is 16.1. The van der Waals surface area contributed by atoms with Crippen molar-refractivity contribution in [1.82, 2.24) is 10.7 Å². The molecule has 6 nitrogen and oxygen atoms in total. The van der Waals surface area contributed by atoms with Crippen LogP contribution in [-0.2, 0) is 4.79 Å². The lowest BCUT2D eigenvalue weighted by Crippen LogP contribution is -2.39. The van der Waals surface area contributed by atoms with Crippen LogP contribution in [0.4, 0.5) is 0 Å². The minimum Gasteiger partial charge on any atom is -0.369 e. The summed E-state index contributed by atoms with van der Waals surface area (Å²) in [6.07, 6.45) is 0. The van der Waals surface area contributed by atoms with Crippen LogP contribution in [0.1, 0.15) is 13.8 Å². The first-order valence-corrected chi connectivity index (χ1v) is 3.62. The summed E-state index contributed by atoms with van der Waals surface area (Å²) in [5, 5.41) is 2.65. The van der Waals surface area contributed by atoms with Gasteiger partial charge in [-0.1, -0.05) is 0 Å². The number of nitrogens with zero attached hydrogens (tertiary/aromatic N) is 1. The molecule has 0 heterocycles. The lowest BCUT2D eigenvalue weighted by molar-refractivity contribution is -0.120. The number of carbonyl (C=O) groups excluding carboxylic acids is 1. The number of nitrogens with two attached hydrogens (primary N) is 2. The minimum absolute atomic E-state index is 0.00574. The van der Waals surface area contributed by atoms with E-state index in [1.54, 1.807) is 0 Å². The smallest absolute Gasteiger partial charge is 0.242 e. The van der Waals surface area contributed by atoms with Crippen molar-refractivity contribution in [2.24, 2.45) is 16.6 Å². The fourth-order valence-electron chi connectivity index (χ4n) is 0.570. The second-order valence-electron chi connectivity index (χ2n) is 2.57. The Morgan fingerprint density at radius 3 is 2.58 bits per heavy atom. The molecule has 0 rings (SSSR count). The monoisotopic (exact) mass is 173 g/mol. The molecular weight excluding hydrogens is 158 g/mol. The van der Waals surface area contributed by atoms with Gasteiger partial charge in [0.25, 0.3) is 0 Å². The maximum absolute atomic E-state index is 10.9. The second kappa shape index (κ2) is 5.36. The number of nitrogens with one attached hydrogen (secondary N) is 2. The van der Waals surface area contributed by atoms with Crippen LogP contribution in [-0.4, -0.2) is 24.5 Å². The number of hydrogen-bond acceptors (Lipinski definition) is 3. The summed E-state index contributed by atoms with van der Waals surface area (Å²) in [6.45, 7) is 3.73. The van der Waals surface area contributed by atoms with E-state index in [1.807, 2.05) is 13.8 Å². The number of amides is 1. The highest BCUT2D eigenvalue weighted by Gasteiger charge is 2.00. The first-order valence-electron chi connectivity index (χ1n) is 3.62. The van der Waals surface area contributed by atoms with Gasteiger partial charge in [-0.2, -0.15) is 0 Å². The van der Waals surface area contributed by atoms with Gasteiger partial charge in [-0.3, -0.25) is 10.2 Å². The number of guanidine groups is 1. The Bertz CT molecular complexity index is 177. The number of aliphatic imine (C=N–C) groups is 1. The summed E-state index contributed by atoms with van der Waals surface area (Å²) in [4.78, 5) is 14.6. The third-order valence-corrected chi connectivity index (χ3v) is 0.991. The maximum atomic E-state index is 10.9. The summed E-state index contributed by atoms with van der Waals surface area (Å²) in [6, 6.07) is 0.111. The average molecular weight is 173 g/mol. The number of hydrazine groups is 1. The van der Waals surface area contributed by atoms with Gasteiger partial charge in [0.05, 0.1) is 0 Å². The molecule has 6 heteroatoms. The Morgan fingerprint density at radius 1 is 1.58 bits per heavy atom. The van der Waals surface area contributed by atoms with E-state index in [2.05, 4.69) is 15.7 Å². The summed E-state index contributed by atoms with van der Waals surface area (Å²) < 4.78 is 0. The van der Waals surface area contributed by atoms with Crippen molar-refractivity contribution >= 4 is 11.9 Å². The molecular formula is C6H15N5O. The van der Waals surface area contributed by atoms with Crippen LogP contribution >= 0.6 is 0 Å². The fraction of sp³-hybridized carbons (Fsp3) is 0.667. The van der Waals surface area contributed by atoms with Gasteiger partial charge in [0, 0.05) is 6.04 Å². The van der Waals surface area contributed by atoms with E-state index < -0.39 is 0 Å². The zero-order chi connectivity index (χ0) is 9.56. The Hall–Kier alpha value is -1.30. The predicted molar refractivity (Wildman–Crippen MR) is 47.1 cm³/mol. The van der Waals surface area contributed by atoms with E-state index in [0.29, 0.717) is 0 Å². The number of rotatable bonds is 3. The molecule has 12 heavy (non-hydrogen) atoms. The van der Waals surface area contributed by atoms with Crippen LogP contribution in [0.5, 0.6) is 0 Å². The van der Waals surface area contributed by atoms with Crippen LogP contribution in [0.25, 0.3) is 0 Å². The van der Waals surface area contributed by atoms with Crippen LogP contribution in [0, 0.1) is 0 Å². The number of hydrogen-bond donors (Lipinski definition) is 4. The van der Waals surface area contributed by atoms with Gasteiger partial charge in [0.15, 0.2) is 0 Å². The Kier molecular flexibility index (Phi) is 4.78. The molecule has 0 aliphatic rings. The Labute approximate surface area is 71.4 Å². The Morgan fingerprint density at radius 2 is 2.17 bits per heavy atom. The lowest BCUT2D eigenvalue weighted by atomic mass is 10.4. The molecule has 0 unspecified atom stereocenters. The van der Waals surface area contributed by atoms with E-state index >= 15 is 0 Å². The molecule has 0 aliphatic carbocycles. The summed E-state index contributed by atoms with van der Waals surface area (Å²) in [5.74, 6) is 4.79. The first kappa shape index (κ1) is 10.7. The van der Waals surface area contributed by atoms with Crippen LogP contribution in [0.15, 0.2) is 4.99 Å². The molecule has 0 saturated heterocycles. The maximum Gasteiger partial charge on any atom is 0.242 e. The van der Waals surface area contributed by atoms with Crippen LogP contribution in [0.2, 0.25) is 0 Å². The predicted octanol–water partition coefficient (Wildman–Crippen LogP) is -1.71. The zero-order valence-electron chi connectivity index (χ0n) is 7.29. The van der Waals surface area contributed by atoms with Crippen molar-refractivity contribution in [2.75, 3.05) is 6.54 Å². The Balaban J connectivity index is 3.71. The van der Waals surface area contributed by atoms with Crippen LogP contribution in [0.3, 0.4) is 0 Å². The van der Waals surface area contributed by atoms with E-state index in [4.69, 9.17) is 11.6 Å². The van der Waals surface area contributed by atoms with Crippen LogP contribution < -0.4 is 22.3 Å². The average Bonchev–Trinajstić information content (AvgIpc) is 1.99. The molecule has 0 fully saturated rings. The lowest BCUT2D eigenvalue weighted by Gasteiger charge is -2.05. The third-order valence-electron chi connectivity index (χ3n) is 0.991. The second-order valence-corrected chi connectivity index (χ2v) is 2.57. The third kappa shape index (κ3) is 5.48. The van der Waals surface area contributed by atoms with Crippen molar-refractivity contribution in [3.63, 3.8) is 0 Å². The quantitative estimate of drug-likeness (QED) is 0.176. The largest absolute Gasteiger partial charge is 0.369 e. The number of carbonyl (C=O) groups is 1. The normalized spacial score (nSPS) is 11.5. The van der Waals surface area contributed by atoms with Crippen molar-refractivity contribution in [3.8, 4) is 0 Å². The van der Waals surface area contributed by atoms with E-state index in [0.717, 1.165) is 0 Å². The molecule has 70 valence electrons. The van der Waals surface area contributed by atoms with Crippen molar-refractivity contribution in [1.29, 1.82) is 0 Å². The molecule has 6 N–H and O–H groups in total. The molecule has 1 amide bonds. The van der Waals surface area contributed by atoms with Gasteiger partial charge < -0.3 is 11.1 Å². The summed E-state index contributed by atoms with van der Waals surface area (Å²) in [5.41, 5.74) is 7.31. The SMILES string of the molecule is CC(C)NC(=O)CN=C(N)NN. The first-order chi connectivity index (χ1) is 5.56. The van der Waals surface area contributed by atoms with Gasteiger partial charge in [-0.05, 0) is 13.8 Å². The van der Waals surface area contributed by atoms with Crippen molar-refractivity contribution in [2.45, 2.75) is 19.9 Å². The summed E-state index contributed by atoms with van der Waals surface area (Å²) >= 11 is 0. The van der Waals surface area contributed by atoms with Gasteiger partial charge in [0.1, 0.15) is 6.54 Å². The van der Waals surface area contributed by atoms with E-state index in [1.165, 1.54) is 0 Å². The molecule has 0 aromatic carbocycles.